The number of methoxy groups -OCH3 is 1. The molecule has 0 aromatic heterocycles. The zero-order chi connectivity index (χ0) is 12.0. The minimum absolute atomic E-state index is 0.0417. The molecular weight excluding hydrogens is 198 g/mol. The summed E-state index contributed by atoms with van der Waals surface area (Å²) in [5.74, 6) is 0.816. The molecule has 0 N–H and O–H groups in total. The maximum Gasteiger partial charge on any atom is 0.0594 e. The molecule has 0 fully saturated rings. The van der Waals surface area contributed by atoms with E-state index in [1.807, 2.05) is 20.8 Å². The van der Waals surface area contributed by atoms with Gasteiger partial charge in [0.1, 0.15) is 0 Å². The normalized spacial score (nSPS) is 8.71. The van der Waals surface area contributed by atoms with Gasteiger partial charge in [0.2, 0.25) is 0 Å². The lowest BCUT2D eigenvalue weighted by atomic mass is 10.2. The molecule has 0 heterocycles. The second kappa shape index (κ2) is 15.2. The van der Waals surface area contributed by atoms with E-state index < -0.39 is 0 Å². The third kappa shape index (κ3) is 60.3. The van der Waals surface area contributed by atoms with Gasteiger partial charge in [0, 0.05) is 19.9 Å². The minimum Gasteiger partial charge on any atom is -0.379 e. The van der Waals surface area contributed by atoms with Gasteiger partial charge in [-0.2, -0.15) is 5.26 Å². The Morgan fingerprint density at radius 3 is 1.64 bits per heavy atom. The Bertz CT molecular complexity index is 122. The number of nitriles is 1. The smallest absolute Gasteiger partial charge is 0.0594 e. The van der Waals surface area contributed by atoms with E-state index in [-0.39, 0.29) is 5.60 Å². The Morgan fingerprint density at radius 2 is 1.64 bits per heavy atom. The summed E-state index contributed by atoms with van der Waals surface area (Å²) in [6.07, 6.45) is 2.37. The molecule has 0 aromatic carbocycles. The molecule has 0 atom stereocenters. The minimum atomic E-state index is 0.0417. The standard InChI is InChI=1S/C5H12O.C4H9Cl.C2H3N/c1-5(2,3)6-4;1-2-3-4-5;1-2-3/h1-4H3;2-4H2,1H3;1H3. The summed E-state index contributed by atoms with van der Waals surface area (Å²) in [7, 11) is 1.71. The van der Waals surface area contributed by atoms with Crippen molar-refractivity contribution in [3.8, 4) is 6.07 Å². The Labute approximate surface area is 94.2 Å². The molecule has 0 radical (unpaired) electrons. The first-order chi connectivity index (χ1) is 6.39. The largest absolute Gasteiger partial charge is 0.379 e. The monoisotopic (exact) mass is 221 g/mol. The molecule has 0 rings (SSSR count). The van der Waals surface area contributed by atoms with E-state index in [1.165, 1.54) is 13.3 Å². The molecule has 0 saturated heterocycles. The maximum absolute atomic E-state index is 7.32. The highest BCUT2D eigenvalue weighted by Gasteiger charge is 2.03. The van der Waals surface area contributed by atoms with Crippen LogP contribution in [0.25, 0.3) is 0 Å². The van der Waals surface area contributed by atoms with Crippen LogP contribution < -0.4 is 0 Å². The Hall–Kier alpha value is -0.260. The molecule has 0 amide bonds. The van der Waals surface area contributed by atoms with Crippen molar-refractivity contribution in [2.45, 2.75) is 53.1 Å². The van der Waals surface area contributed by atoms with Crippen molar-refractivity contribution >= 4 is 11.6 Å². The second-order valence-corrected chi connectivity index (χ2v) is 3.96. The predicted octanol–water partition coefficient (Wildman–Crippen LogP) is 3.99. The summed E-state index contributed by atoms with van der Waals surface area (Å²) >= 11 is 5.30. The van der Waals surface area contributed by atoms with E-state index in [0.717, 1.165) is 12.3 Å². The second-order valence-electron chi connectivity index (χ2n) is 3.58. The van der Waals surface area contributed by atoms with Gasteiger partial charge in [-0.05, 0) is 27.2 Å². The fraction of sp³-hybridized carbons (Fsp3) is 0.909. The lowest BCUT2D eigenvalue weighted by molar-refractivity contribution is 0.0397. The first-order valence-corrected chi connectivity index (χ1v) is 5.34. The number of halogens is 1. The number of ether oxygens (including phenoxy) is 1. The third-order valence-corrected chi connectivity index (χ3v) is 1.37. The van der Waals surface area contributed by atoms with Gasteiger partial charge < -0.3 is 4.74 Å². The SMILES string of the molecule is CC#N.CCCCCl.COC(C)(C)C. The summed E-state index contributed by atoms with van der Waals surface area (Å²) in [6, 6.07) is 1.75. The Balaban J connectivity index is -0.000000138. The first-order valence-electron chi connectivity index (χ1n) is 4.81. The van der Waals surface area contributed by atoms with E-state index in [4.69, 9.17) is 21.6 Å². The van der Waals surface area contributed by atoms with Crippen LogP contribution in [0.4, 0.5) is 0 Å². The maximum atomic E-state index is 7.32. The van der Waals surface area contributed by atoms with Gasteiger partial charge in [-0.3, -0.25) is 0 Å². The molecule has 3 heteroatoms. The summed E-state index contributed by atoms with van der Waals surface area (Å²) in [5, 5.41) is 7.32. The van der Waals surface area contributed by atoms with Crippen LogP contribution in [0.2, 0.25) is 0 Å². The molecule has 0 unspecified atom stereocenters. The van der Waals surface area contributed by atoms with Crippen LogP contribution in [-0.2, 0) is 4.74 Å². The van der Waals surface area contributed by atoms with E-state index in [9.17, 15) is 0 Å². The molecule has 0 aliphatic rings. The van der Waals surface area contributed by atoms with Gasteiger partial charge in [0.15, 0.2) is 0 Å². The average molecular weight is 222 g/mol. The van der Waals surface area contributed by atoms with Crippen molar-refractivity contribution in [1.29, 1.82) is 5.26 Å². The number of unbranched alkanes of at least 4 members (excludes halogenated alkanes) is 1. The molecule has 0 bridgehead atoms. The van der Waals surface area contributed by atoms with Crippen molar-refractivity contribution < 1.29 is 4.74 Å². The topological polar surface area (TPSA) is 33.0 Å². The number of hydrogen-bond donors (Lipinski definition) is 0. The Morgan fingerprint density at radius 1 is 1.36 bits per heavy atom. The lowest BCUT2D eigenvalue weighted by Crippen LogP contribution is -2.15. The van der Waals surface area contributed by atoms with Gasteiger partial charge in [-0.15, -0.1) is 11.6 Å². The number of rotatable bonds is 2. The van der Waals surface area contributed by atoms with E-state index >= 15 is 0 Å². The van der Waals surface area contributed by atoms with Crippen LogP contribution in [-0.4, -0.2) is 18.6 Å². The fourth-order valence-corrected chi connectivity index (χ4v) is 0.401. The fourth-order valence-electron chi connectivity index (χ4n) is 0.134. The highest BCUT2D eigenvalue weighted by Crippen LogP contribution is 2.02. The van der Waals surface area contributed by atoms with Crippen LogP contribution >= 0.6 is 11.6 Å². The number of alkyl halides is 1. The molecule has 0 saturated carbocycles. The van der Waals surface area contributed by atoms with Crippen molar-refractivity contribution in [3.63, 3.8) is 0 Å². The van der Waals surface area contributed by atoms with Crippen LogP contribution in [0.1, 0.15) is 47.5 Å². The number of nitrogens with zero attached hydrogens (tertiary/aromatic N) is 1. The molecule has 0 aliphatic heterocycles. The average Bonchev–Trinajstić information content (AvgIpc) is 2.07. The van der Waals surface area contributed by atoms with Gasteiger partial charge in [-0.1, -0.05) is 13.3 Å². The highest BCUT2D eigenvalue weighted by molar-refractivity contribution is 6.17. The van der Waals surface area contributed by atoms with E-state index in [2.05, 4.69) is 6.92 Å². The van der Waals surface area contributed by atoms with Crippen LogP contribution in [0.5, 0.6) is 0 Å². The molecular formula is C11H24ClNO. The summed E-state index contributed by atoms with van der Waals surface area (Å²) in [5.41, 5.74) is 0.0417. The first kappa shape index (κ1) is 19.3. The van der Waals surface area contributed by atoms with E-state index in [1.54, 1.807) is 13.2 Å². The van der Waals surface area contributed by atoms with Crippen LogP contribution in [0, 0.1) is 11.3 Å². The summed E-state index contributed by atoms with van der Waals surface area (Å²) in [4.78, 5) is 0. The molecule has 0 aromatic rings. The summed E-state index contributed by atoms with van der Waals surface area (Å²) < 4.78 is 4.94. The van der Waals surface area contributed by atoms with Crippen molar-refractivity contribution in [2.24, 2.45) is 0 Å². The van der Waals surface area contributed by atoms with Crippen LogP contribution in [0.3, 0.4) is 0 Å². The molecule has 14 heavy (non-hydrogen) atoms. The quantitative estimate of drug-likeness (QED) is 0.661. The zero-order valence-corrected chi connectivity index (χ0v) is 11.1. The van der Waals surface area contributed by atoms with E-state index in [0.29, 0.717) is 0 Å². The van der Waals surface area contributed by atoms with Crippen LogP contribution in [0.15, 0.2) is 0 Å². The summed E-state index contributed by atoms with van der Waals surface area (Å²) in [6.45, 7) is 9.62. The molecule has 0 spiro atoms. The molecule has 0 aliphatic carbocycles. The van der Waals surface area contributed by atoms with Crippen molar-refractivity contribution in [2.75, 3.05) is 13.0 Å². The number of hydrogen-bond acceptors (Lipinski definition) is 2. The Kier molecular flexibility index (Phi) is 21.0. The molecule has 86 valence electrons. The van der Waals surface area contributed by atoms with Crippen molar-refractivity contribution in [1.82, 2.24) is 0 Å². The van der Waals surface area contributed by atoms with Gasteiger partial charge in [0.25, 0.3) is 0 Å². The molecule has 2 nitrogen and oxygen atoms in total. The van der Waals surface area contributed by atoms with Gasteiger partial charge >= 0.3 is 0 Å². The van der Waals surface area contributed by atoms with Crippen molar-refractivity contribution in [3.05, 3.63) is 0 Å². The van der Waals surface area contributed by atoms with Gasteiger partial charge in [0.05, 0.1) is 11.7 Å². The zero-order valence-electron chi connectivity index (χ0n) is 10.4. The third-order valence-electron chi connectivity index (χ3n) is 1.10. The predicted molar refractivity (Wildman–Crippen MR) is 63.7 cm³/mol. The lowest BCUT2D eigenvalue weighted by Gasteiger charge is -2.14. The van der Waals surface area contributed by atoms with Gasteiger partial charge in [-0.25, -0.2) is 0 Å². The highest BCUT2D eigenvalue weighted by atomic mass is 35.5.